The van der Waals surface area contributed by atoms with Crippen molar-refractivity contribution in [1.29, 1.82) is 0 Å². The summed E-state index contributed by atoms with van der Waals surface area (Å²) in [6.07, 6.45) is 8.87. The Morgan fingerprint density at radius 3 is 2.35 bits per heavy atom. The largest absolute Gasteiger partial charge is 0.339 e. The number of nitrogens with zero attached hydrogens (tertiary/aromatic N) is 2. The van der Waals surface area contributed by atoms with Crippen LogP contribution in [-0.2, 0) is 4.79 Å². The molecule has 3 fully saturated rings. The second-order valence-corrected chi connectivity index (χ2v) is 7.76. The number of piperidine rings is 1. The van der Waals surface area contributed by atoms with Crippen molar-refractivity contribution in [2.75, 3.05) is 20.1 Å². The van der Waals surface area contributed by atoms with E-state index in [-0.39, 0.29) is 11.5 Å². The highest BCUT2D eigenvalue weighted by atomic mass is 16.2. The van der Waals surface area contributed by atoms with Crippen molar-refractivity contribution in [2.45, 2.75) is 62.4 Å². The summed E-state index contributed by atoms with van der Waals surface area (Å²) in [6.45, 7) is 2.34. The van der Waals surface area contributed by atoms with Crippen LogP contribution in [0.15, 0.2) is 30.3 Å². The first-order valence-corrected chi connectivity index (χ1v) is 9.26. The lowest BCUT2D eigenvalue weighted by Gasteiger charge is -2.45. The zero-order valence-electron chi connectivity index (χ0n) is 14.2. The fraction of sp³-hybridized carbons (Fsp3) is 0.650. The highest BCUT2D eigenvalue weighted by molar-refractivity contribution is 5.87. The van der Waals surface area contributed by atoms with E-state index < -0.39 is 0 Å². The van der Waals surface area contributed by atoms with Crippen LogP contribution in [0.5, 0.6) is 0 Å². The summed E-state index contributed by atoms with van der Waals surface area (Å²) in [5, 5.41) is 0. The third-order valence-corrected chi connectivity index (χ3v) is 6.70. The number of likely N-dealkylation sites (tertiary alicyclic amines) is 2. The van der Waals surface area contributed by atoms with Crippen LogP contribution in [0.1, 0.15) is 56.4 Å². The van der Waals surface area contributed by atoms with E-state index in [0.29, 0.717) is 5.91 Å². The maximum Gasteiger partial charge on any atom is 0.230 e. The Bertz CT molecular complexity index is 556. The van der Waals surface area contributed by atoms with Crippen LogP contribution in [0.4, 0.5) is 0 Å². The number of likely N-dealkylation sites (N-methyl/N-ethyl adjacent to an activating group) is 1. The number of amides is 1. The molecule has 23 heavy (non-hydrogen) atoms. The molecule has 0 radical (unpaired) electrons. The van der Waals surface area contributed by atoms with Gasteiger partial charge in [0, 0.05) is 31.7 Å². The zero-order valence-corrected chi connectivity index (χ0v) is 14.2. The summed E-state index contributed by atoms with van der Waals surface area (Å²) in [5.41, 5.74) is 1.30. The molecule has 1 amide bonds. The Hall–Kier alpha value is -1.35. The van der Waals surface area contributed by atoms with Crippen molar-refractivity contribution >= 4 is 5.91 Å². The standard InChI is InChI=1S/C20H28N2O/c1-21-19(23)18(16-7-3-2-4-8-16)15-20(21)11-13-22(14-12-20)17-9-5-6-10-17/h2-4,7-8,17-18H,5-6,9-15H2,1H3/t18-/m0/s1. The molecule has 0 bridgehead atoms. The Morgan fingerprint density at radius 1 is 1.04 bits per heavy atom. The van der Waals surface area contributed by atoms with Crippen molar-refractivity contribution < 1.29 is 4.79 Å². The van der Waals surface area contributed by atoms with E-state index in [1.165, 1.54) is 44.3 Å². The maximum atomic E-state index is 12.8. The molecule has 1 spiro atoms. The van der Waals surface area contributed by atoms with Gasteiger partial charge >= 0.3 is 0 Å². The molecule has 0 aromatic heterocycles. The molecule has 1 aliphatic carbocycles. The minimum absolute atomic E-state index is 0.0687. The van der Waals surface area contributed by atoms with Gasteiger partial charge < -0.3 is 9.80 Å². The van der Waals surface area contributed by atoms with Gasteiger partial charge in [0.05, 0.1) is 5.92 Å². The molecule has 3 heteroatoms. The highest BCUT2D eigenvalue weighted by Crippen LogP contribution is 2.45. The van der Waals surface area contributed by atoms with Crippen LogP contribution in [0.2, 0.25) is 0 Å². The predicted molar refractivity (Wildman–Crippen MR) is 92.4 cm³/mol. The summed E-state index contributed by atoms with van der Waals surface area (Å²) >= 11 is 0. The molecule has 0 N–H and O–H groups in total. The lowest BCUT2D eigenvalue weighted by atomic mass is 9.81. The summed E-state index contributed by atoms with van der Waals surface area (Å²) in [6, 6.07) is 11.2. The SMILES string of the molecule is CN1C(=O)[C@H](c2ccccc2)CC12CCN(C1CCCC1)CC2. The van der Waals surface area contributed by atoms with E-state index in [1.54, 1.807) is 0 Å². The van der Waals surface area contributed by atoms with Crippen LogP contribution in [0.25, 0.3) is 0 Å². The minimum atomic E-state index is 0.0687. The number of hydrogen-bond acceptors (Lipinski definition) is 2. The fourth-order valence-electron chi connectivity index (χ4n) is 5.13. The van der Waals surface area contributed by atoms with Gasteiger partial charge in [0.2, 0.25) is 5.91 Å². The van der Waals surface area contributed by atoms with Gasteiger partial charge in [-0.2, -0.15) is 0 Å². The molecule has 1 saturated carbocycles. The summed E-state index contributed by atoms with van der Waals surface area (Å²) < 4.78 is 0. The maximum absolute atomic E-state index is 12.8. The lowest BCUT2D eigenvalue weighted by molar-refractivity contribution is -0.131. The second kappa shape index (κ2) is 5.94. The van der Waals surface area contributed by atoms with Crippen molar-refractivity contribution in [3.05, 3.63) is 35.9 Å². The van der Waals surface area contributed by atoms with Crippen molar-refractivity contribution in [2.24, 2.45) is 0 Å². The fourth-order valence-corrected chi connectivity index (χ4v) is 5.13. The summed E-state index contributed by atoms with van der Waals surface area (Å²) in [7, 11) is 2.04. The first kappa shape index (κ1) is 15.2. The molecule has 124 valence electrons. The average molecular weight is 312 g/mol. The third-order valence-electron chi connectivity index (χ3n) is 6.70. The van der Waals surface area contributed by atoms with Crippen LogP contribution >= 0.6 is 0 Å². The molecule has 2 aliphatic heterocycles. The van der Waals surface area contributed by atoms with Gasteiger partial charge in [-0.25, -0.2) is 0 Å². The van der Waals surface area contributed by atoms with Crippen molar-refractivity contribution in [1.82, 2.24) is 9.80 Å². The number of benzene rings is 1. The number of carbonyl (C=O) groups is 1. The lowest BCUT2D eigenvalue weighted by Crippen LogP contribution is -2.53. The molecule has 2 saturated heterocycles. The van der Waals surface area contributed by atoms with Gasteiger partial charge in [-0.15, -0.1) is 0 Å². The van der Waals surface area contributed by atoms with E-state index in [0.717, 1.165) is 25.3 Å². The van der Waals surface area contributed by atoms with E-state index >= 15 is 0 Å². The molecule has 0 unspecified atom stereocenters. The van der Waals surface area contributed by atoms with Crippen LogP contribution in [0.3, 0.4) is 0 Å². The van der Waals surface area contributed by atoms with Gasteiger partial charge in [0.15, 0.2) is 0 Å². The smallest absolute Gasteiger partial charge is 0.230 e. The Labute approximate surface area is 139 Å². The van der Waals surface area contributed by atoms with Gasteiger partial charge in [0.1, 0.15) is 0 Å². The molecular formula is C20H28N2O. The monoisotopic (exact) mass is 312 g/mol. The number of hydrogen-bond donors (Lipinski definition) is 0. The Kier molecular flexibility index (Phi) is 3.92. The van der Waals surface area contributed by atoms with Gasteiger partial charge in [0.25, 0.3) is 0 Å². The molecule has 1 atom stereocenters. The van der Waals surface area contributed by atoms with E-state index in [4.69, 9.17) is 0 Å². The summed E-state index contributed by atoms with van der Waals surface area (Å²) in [4.78, 5) is 17.6. The molecule has 1 aromatic rings. The quantitative estimate of drug-likeness (QED) is 0.835. The molecule has 3 nitrogen and oxygen atoms in total. The normalized spacial score (nSPS) is 28.8. The Balaban J connectivity index is 1.48. The minimum Gasteiger partial charge on any atom is -0.339 e. The molecular weight excluding hydrogens is 284 g/mol. The van der Waals surface area contributed by atoms with Crippen LogP contribution < -0.4 is 0 Å². The number of rotatable bonds is 2. The molecule has 2 heterocycles. The molecule has 1 aromatic carbocycles. The van der Waals surface area contributed by atoms with Crippen LogP contribution in [-0.4, -0.2) is 47.4 Å². The van der Waals surface area contributed by atoms with Gasteiger partial charge in [-0.05, 0) is 37.7 Å². The molecule has 4 rings (SSSR count). The predicted octanol–water partition coefficient (Wildman–Crippen LogP) is 3.41. The van der Waals surface area contributed by atoms with E-state index in [2.05, 4.69) is 34.1 Å². The van der Waals surface area contributed by atoms with E-state index in [9.17, 15) is 4.79 Å². The summed E-state index contributed by atoms with van der Waals surface area (Å²) in [5.74, 6) is 0.393. The van der Waals surface area contributed by atoms with Crippen LogP contribution in [0, 0.1) is 0 Å². The highest BCUT2D eigenvalue weighted by Gasteiger charge is 2.50. The van der Waals surface area contributed by atoms with E-state index in [1.807, 2.05) is 13.1 Å². The van der Waals surface area contributed by atoms with Crippen molar-refractivity contribution in [3.8, 4) is 0 Å². The first-order valence-electron chi connectivity index (χ1n) is 9.26. The zero-order chi connectivity index (χ0) is 15.9. The van der Waals surface area contributed by atoms with Gasteiger partial charge in [-0.3, -0.25) is 4.79 Å². The topological polar surface area (TPSA) is 23.6 Å². The van der Waals surface area contributed by atoms with Gasteiger partial charge in [-0.1, -0.05) is 43.2 Å². The third kappa shape index (κ3) is 2.59. The Morgan fingerprint density at radius 2 is 1.70 bits per heavy atom. The second-order valence-electron chi connectivity index (χ2n) is 7.76. The number of carbonyl (C=O) groups excluding carboxylic acids is 1. The van der Waals surface area contributed by atoms with Crippen molar-refractivity contribution in [3.63, 3.8) is 0 Å². The first-order chi connectivity index (χ1) is 11.2. The molecule has 3 aliphatic rings. The average Bonchev–Trinajstić information content (AvgIpc) is 3.21.